The van der Waals surface area contributed by atoms with Crippen LogP contribution in [0.1, 0.15) is 38.5 Å². The maximum atomic E-state index is 12.0. The Bertz CT molecular complexity index is 382. The molecule has 120 valence electrons. The number of aliphatic hydroxyl groups is 1. The molecule has 1 aliphatic heterocycles. The van der Waals surface area contributed by atoms with Gasteiger partial charge in [0.1, 0.15) is 6.10 Å². The number of hydrogen-bond acceptors (Lipinski definition) is 4. The summed E-state index contributed by atoms with van der Waals surface area (Å²) in [6, 6.07) is -0.145. The molecule has 0 bridgehead atoms. The molecular weight excluding hydrogens is 272 g/mol. The molecule has 2 aliphatic rings. The lowest BCUT2D eigenvalue weighted by molar-refractivity contribution is -0.142. The summed E-state index contributed by atoms with van der Waals surface area (Å²) < 4.78 is 5.79. The van der Waals surface area contributed by atoms with E-state index in [1.54, 1.807) is 19.0 Å². The van der Waals surface area contributed by atoms with E-state index in [1.165, 1.54) is 0 Å². The largest absolute Gasteiger partial charge is 0.394 e. The molecule has 1 saturated carbocycles. The summed E-state index contributed by atoms with van der Waals surface area (Å²) in [6.07, 6.45) is 4.26. The Morgan fingerprint density at radius 2 is 1.95 bits per heavy atom. The minimum Gasteiger partial charge on any atom is -0.394 e. The summed E-state index contributed by atoms with van der Waals surface area (Å²) in [5.74, 6) is 0.238. The van der Waals surface area contributed by atoms with Crippen molar-refractivity contribution in [1.82, 2.24) is 10.2 Å². The van der Waals surface area contributed by atoms with Crippen LogP contribution >= 0.6 is 0 Å². The normalized spacial score (nSPS) is 29.6. The molecule has 0 unspecified atom stereocenters. The van der Waals surface area contributed by atoms with Crippen molar-refractivity contribution in [3.8, 4) is 0 Å². The molecule has 2 amide bonds. The monoisotopic (exact) mass is 298 g/mol. The topological polar surface area (TPSA) is 78.9 Å². The van der Waals surface area contributed by atoms with Crippen LogP contribution in [0.4, 0.5) is 0 Å². The third-order valence-electron chi connectivity index (χ3n) is 4.50. The molecule has 0 aromatic carbocycles. The van der Waals surface area contributed by atoms with Gasteiger partial charge in [-0.25, -0.2) is 0 Å². The highest BCUT2D eigenvalue weighted by atomic mass is 16.5. The lowest BCUT2D eigenvalue weighted by Crippen LogP contribution is -2.53. The summed E-state index contributed by atoms with van der Waals surface area (Å²) in [6.45, 7) is -0.137. The van der Waals surface area contributed by atoms with E-state index in [2.05, 4.69) is 5.32 Å². The van der Waals surface area contributed by atoms with Gasteiger partial charge in [0.25, 0.3) is 0 Å². The number of nitrogens with zero attached hydrogens (tertiary/aromatic N) is 1. The van der Waals surface area contributed by atoms with E-state index in [0.717, 1.165) is 32.1 Å². The number of hydrogen-bond donors (Lipinski definition) is 2. The Labute approximate surface area is 125 Å². The van der Waals surface area contributed by atoms with Gasteiger partial charge in [-0.2, -0.15) is 0 Å². The van der Waals surface area contributed by atoms with Crippen LogP contribution < -0.4 is 5.32 Å². The Kier molecular flexibility index (Phi) is 5.58. The predicted octanol–water partition coefficient (Wildman–Crippen LogP) is 0.290. The molecule has 1 aliphatic carbocycles. The Balaban J connectivity index is 1.83. The van der Waals surface area contributed by atoms with Crippen molar-refractivity contribution in [2.24, 2.45) is 5.92 Å². The molecule has 6 nitrogen and oxygen atoms in total. The first-order valence-corrected chi connectivity index (χ1v) is 7.78. The zero-order chi connectivity index (χ0) is 15.4. The first kappa shape index (κ1) is 16.2. The summed E-state index contributed by atoms with van der Waals surface area (Å²) in [5, 5.41) is 12.5. The minimum atomic E-state index is -0.414. The van der Waals surface area contributed by atoms with Crippen LogP contribution in [0.3, 0.4) is 0 Å². The van der Waals surface area contributed by atoms with E-state index in [1.807, 2.05) is 0 Å². The van der Waals surface area contributed by atoms with Crippen LogP contribution in [0, 0.1) is 5.92 Å². The molecule has 1 saturated heterocycles. The van der Waals surface area contributed by atoms with Gasteiger partial charge in [0.15, 0.2) is 0 Å². The van der Waals surface area contributed by atoms with Crippen LogP contribution in [0.25, 0.3) is 0 Å². The molecule has 6 heteroatoms. The van der Waals surface area contributed by atoms with E-state index in [9.17, 15) is 14.7 Å². The van der Waals surface area contributed by atoms with Crippen LogP contribution in [-0.4, -0.2) is 60.8 Å². The van der Waals surface area contributed by atoms with E-state index < -0.39 is 6.10 Å². The molecule has 2 fully saturated rings. The van der Waals surface area contributed by atoms with Gasteiger partial charge in [0.2, 0.25) is 11.8 Å². The average molecular weight is 298 g/mol. The zero-order valence-corrected chi connectivity index (χ0v) is 12.9. The smallest absolute Gasteiger partial charge is 0.224 e. The molecule has 2 rings (SSSR count). The standard InChI is InChI=1S/C15H26N2O4/c1-17(2)14(19)8-11-6-7-12(13(9-18)21-11)16-15(20)10-4-3-5-10/h10-13,18H,3-9H2,1-2H3,(H,16,20)/t11-,12+,13+/m1/s1. The van der Waals surface area contributed by atoms with Gasteiger partial charge in [-0.05, 0) is 25.7 Å². The average Bonchev–Trinajstić information content (AvgIpc) is 2.38. The van der Waals surface area contributed by atoms with E-state index in [-0.39, 0.29) is 36.5 Å². The van der Waals surface area contributed by atoms with Crippen molar-refractivity contribution >= 4 is 11.8 Å². The van der Waals surface area contributed by atoms with Crippen molar-refractivity contribution in [3.05, 3.63) is 0 Å². The van der Waals surface area contributed by atoms with Gasteiger partial charge in [-0.15, -0.1) is 0 Å². The zero-order valence-electron chi connectivity index (χ0n) is 12.9. The number of nitrogens with one attached hydrogen (secondary N) is 1. The first-order chi connectivity index (χ1) is 10.0. The first-order valence-electron chi connectivity index (χ1n) is 7.78. The molecule has 0 spiro atoms. The third-order valence-corrected chi connectivity index (χ3v) is 4.50. The van der Waals surface area contributed by atoms with Crippen molar-refractivity contribution in [3.63, 3.8) is 0 Å². The van der Waals surface area contributed by atoms with Gasteiger partial charge in [-0.1, -0.05) is 6.42 Å². The quantitative estimate of drug-likeness (QED) is 0.764. The fourth-order valence-electron chi connectivity index (χ4n) is 2.80. The Morgan fingerprint density at radius 3 is 2.48 bits per heavy atom. The molecule has 0 radical (unpaired) electrons. The van der Waals surface area contributed by atoms with Gasteiger partial charge >= 0.3 is 0 Å². The van der Waals surface area contributed by atoms with Gasteiger partial charge < -0.3 is 20.1 Å². The second-order valence-electron chi connectivity index (χ2n) is 6.29. The lowest BCUT2D eigenvalue weighted by Gasteiger charge is -2.37. The van der Waals surface area contributed by atoms with E-state index >= 15 is 0 Å². The molecule has 21 heavy (non-hydrogen) atoms. The third kappa shape index (κ3) is 4.17. The van der Waals surface area contributed by atoms with Crippen molar-refractivity contribution in [2.45, 2.75) is 56.8 Å². The molecule has 0 aromatic heterocycles. The predicted molar refractivity (Wildman–Crippen MR) is 77.6 cm³/mol. The molecule has 3 atom stereocenters. The summed E-state index contributed by atoms with van der Waals surface area (Å²) in [7, 11) is 3.44. The van der Waals surface area contributed by atoms with Crippen molar-refractivity contribution in [2.75, 3.05) is 20.7 Å². The highest BCUT2D eigenvalue weighted by Gasteiger charge is 2.35. The molecule has 2 N–H and O–H groups in total. The van der Waals surface area contributed by atoms with Gasteiger partial charge in [0.05, 0.1) is 25.2 Å². The van der Waals surface area contributed by atoms with Crippen molar-refractivity contribution < 1.29 is 19.4 Å². The number of ether oxygens (including phenoxy) is 1. The second-order valence-corrected chi connectivity index (χ2v) is 6.29. The molecule has 0 aromatic rings. The molecular formula is C15H26N2O4. The summed E-state index contributed by atoms with van der Waals surface area (Å²) in [4.78, 5) is 25.3. The number of carbonyl (C=O) groups excluding carboxylic acids is 2. The van der Waals surface area contributed by atoms with Crippen LogP contribution in [0.5, 0.6) is 0 Å². The minimum absolute atomic E-state index is 0.0219. The van der Waals surface area contributed by atoms with Crippen LogP contribution in [-0.2, 0) is 14.3 Å². The highest BCUT2D eigenvalue weighted by molar-refractivity contribution is 5.79. The highest BCUT2D eigenvalue weighted by Crippen LogP contribution is 2.28. The van der Waals surface area contributed by atoms with E-state index in [4.69, 9.17) is 4.74 Å². The second kappa shape index (κ2) is 7.22. The van der Waals surface area contributed by atoms with Gasteiger partial charge in [-0.3, -0.25) is 9.59 Å². The summed E-state index contributed by atoms with van der Waals surface area (Å²) in [5.41, 5.74) is 0. The van der Waals surface area contributed by atoms with Crippen LogP contribution in [0.15, 0.2) is 0 Å². The number of rotatable bonds is 5. The summed E-state index contributed by atoms with van der Waals surface area (Å²) >= 11 is 0. The fourth-order valence-corrected chi connectivity index (χ4v) is 2.80. The number of carbonyl (C=O) groups is 2. The maximum absolute atomic E-state index is 12.0. The maximum Gasteiger partial charge on any atom is 0.224 e. The van der Waals surface area contributed by atoms with Gasteiger partial charge in [0, 0.05) is 20.0 Å². The van der Waals surface area contributed by atoms with E-state index in [0.29, 0.717) is 6.42 Å². The SMILES string of the molecule is CN(C)C(=O)C[C@H]1CC[C@H](NC(=O)C2CCC2)[C@H](CO)O1. The Hall–Kier alpha value is -1.14. The lowest BCUT2D eigenvalue weighted by atomic mass is 9.84. The number of aliphatic hydroxyl groups excluding tert-OH is 1. The fraction of sp³-hybridized carbons (Fsp3) is 0.867. The van der Waals surface area contributed by atoms with Crippen molar-refractivity contribution in [1.29, 1.82) is 0 Å². The Morgan fingerprint density at radius 1 is 1.24 bits per heavy atom. The molecule has 1 heterocycles. The number of amides is 2. The van der Waals surface area contributed by atoms with Crippen LogP contribution in [0.2, 0.25) is 0 Å².